The maximum Gasteiger partial charge on any atom is 0.414 e. The highest BCUT2D eigenvalue weighted by Gasteiger charge is 2.45. The normalized spacial score (nSPS) is 14.4. The van der Waals surface area contributed by atoms with E-state index in [0.717, 1.165) is 16.5 Å². The lowest BCUT2D eigenvalue weighted by molar-refractivity contribution is 0.0469. The van der Waals surface area contributed by atoms with Crippen LogP contribution in [0.2, 0.25) is 0 Å². The van der Waals surface area contributed by atoms with Crippen LogP contribution in [0.4, 0.5) is 10.5 Å². The lowest BCUT2D eigenvalue weighted by atomic mass is 10.1. The summed E-state index contributed by atoms with van der Waals surface area (Å²) in [6.07, 6.45) is 0.0291. The fourth-order valence-corrected chi connectivity index (χ4v) is 3.07. The van der Waals surface area contributed by atoms with Gasteiger partial charge in [0.2, 0.25) is 3.79 Å². The van der Waals surface area contributed by atoms with Crippen molar-refractivity contribution in [3.05, 3.63) is 29.5 Å². The molecule has 3 rings (SSSR count). The number of carbonyl (C=O) groups is 2. The number of ether oxygens (including phenoxy) is 2. The van der Waals surface area contributed by atoms with Crippen LogP contribution in [0, 0.1) is 0 Å². The number of anilines is 1. The van der Waals surface area contributed by atoms with Crippen molar-refractivity contribution in [2.24, 2.45) is 0 Å². The molecule has 27 heavy (non-hydrogen) atoms. The summed E-state index contributed by atoms with van der Waals surface area (Å²) in [6, 6.07) is 5.36. The van der Waals surface area contributed by atoms with Crippen molar-refractivity contribution in [1.29, 1.82) is 0 Å². The third-order valence-electron chi connectivity index (χ3n) is 4.51. The second-order valence-electron chi connectivity index (χ2n) is 6.71. The summed E-state index contributed by atoms with van der Waals surface area (Å²) in [5.41, 5.74) is 1.53. The van der Waals surface area contributed by atoms with Gasteiger partial charge < -0.3 is 14.5 Å². The highest BCUT2D eigenvalue weighted by molar-refractivity contribution is 6.68. The Morgan fingerprint density at radius 2 is 1.96 bits per heavy atom. The van der Waals surface area contributed by atoms with Crippen LogP contribution in [0.1, 0.15) is 36.8 Å². The molecule has 0 fully saturated rings. The topological polar surface area (TPSA) is 71.6 Å². The van der Waals surface area contributed by atoms with Crippen molar-refractivity contribution in [3.8, 4) is 0 Å². The molecule has 1 aromatic carbocycles. The first-order valence-electron chi connectivity index (χ1n) is 8.44. The molecule has 9 heteroatoms. The lowest BCUT2D eigenvalue weighted by Gasteiger charge is -2.33. The van der Waals surface area contributed by atoms with Gasteiger partial charge in [-0.15, -0.1) is 0 Å². The number of nitrogens with one attached hydrogen (secondary N) is 1. The average Bonchev–Trinajstić information content (AvgIpc) is 3.17. The molecule has 1 aliphatic heterocycles. The Bertz CT molecular complexity index is 902. The molecule has 0 unspecified atom stereocenters. The first-order valence-corrected chi connectivity index (χ1v) is 9.57. The SMILES string of the molecule is CCOC(=O)c1cc2c3c(ccc2[nH]1)N(C(=O)OC(C)(C)C(Cl)(Cl)Cl)CC3. The third kappa shape index (κ3) is 3.71. The second-order valence-corrected chi connectivity index (χ2v) is 8.99. The van der Waals surface area contributed by atoms with Crippen molar-refractivity contribution in [2.75, 3.05) is 18.1 Å². The molecule has 1 aromatic heterocycles. The number of H-pyrrole nitrogens is 1. The number of esters is 1. The Balaban J connectivity index is 1.90. The van der Waals surface area contributed by atoms with Gasteiger partial charge in [-0.2, -0.15) is 0 Å². The number of rotatable bonds is 3. The molecule has 6 nitrogen and oxygen atoms in total. The highest BCUT2D eigenvalue weighted by Crippen LogP contribution is 2.42. The van der Waals surface area contributed by atoms with E-state index in [1.54, 1.807) is 19.1 Å². The van der Waals surface area contributed by atoms with Gasteiger partial charge in [0.25, 0.3) is 0 Å². The minimum atomic E-state index is -1.76. The number of hydrogen-bond donors (Lipinski definition) is 1. The molecule has 1 amide bonds. The molecule has 0 bridgehead atoms. The number of hydrogen-bond acceptors (Lipinski definition) is 4. The fraction of sp³-hybridized carbons (Fsp3) is 0.444. The molecule has 2 heterocycles. The van der Waals surface area contributed by atoms with Crippen molar-refractivity contribution >= 4 is 63.5 Å². The van der Waals surface area contributed by atoms with Crippen LogP contribution in [0.15, 0.2) is 18.2 Å². The van der Waals surface area contributed by atoms with Crippen LogP contribution in [-0.2, 0) is 15.9 Å². The lowest BCUT2D eigenvalue weighted by Crippen LogP contribution is -2.45. The molecule has 2 aromatic rings. The van der Waals surface area contributed by atoms with Gasteiger partial charge >= 0.3 is 12.1 Å². The average molecular weight is 434 g/mol. The zero-order valence-corrected chi connectivity index (χ0v) is 17.3. The van der Waals surface area contributed by atoms with E-state index in [1.165, 1.54) is 18.7 Å². The molecule has 0 atom stereocenters. The van der Waals surface area contributed by atoms with Gasteiger partial charge in [0, 0.05) is 17.4 Å². The van der Waals surface area contributed by atoms with E-state index in [4.69, 9.17) is 44.3 Å². The standard InChI is InChI=1S/C18H19Cl3N2O4/c1-4-26-15(24)13-9-11-10-7-8-23(14(10)6-5-12(11)22-13)16(25)27-17(2,3)18(19,20)21/h5-6,9,22H,4,7-8H2,1-3H3. The van der Waals surface area contributed by atoms with Crippen LogP contribution in [0.25, 0.3) is 10.9 Å². The number of halogens is 3. The van der Waals surface area contributed by atoms with Gasteiger partial charge in [-0.1, -0.05) is 34.8 Å². The van der Waals surface area contributed by atoms with E-state index < -0.39 is 21.5 Å². The molecule has 0 saturated carbocycles. The van der Waals surface area contributed by atoms with Gasteiger partial charge in [0.15, 0.2) is 5.60 Å². The summed E-state index contributed by atoms with van der Waals surface area (Å²) in [5.74, 6) is -0.416. The van der Waals surface area contributed by atoms with E-state index in [2.05, 4.69) is 4.98 Å². The number of nitrogens with zero attached hydrogens (tertiary/aromatic N) is 1. The maximum absolute atomic E-state index is 12.7. The van der Waals surface area contributed by atoms with Crippen molar-refractivity contribution in [3.63, 3.8) is 0 Å². The molecular formula is C18H19Cl3N2O4. The Labute approximate surface area is 171 Å². The smallest absolute Gasteiger partial charge is 0.414 e. The number of aromatic amines is 1. The molecule has 0 radical (unpaired) electrons. The van der Waals surface area contributed by atoms with Gasteiger partial charge in [0.05, 0.1) is 12.3 Å². The number of benzene rings is 1. The number of fused-ring (bicyclic) bond motifs is 3. The van der Waals surface area contributed by atoms with Crippen LogP contribution in [0.5, 0.6) is 0 Å². The second kappa shape index (κ2) is 7.08. The summed E-state index contributed by atoms with van der Waals surface area (Å²) in [6.45, 7) is 5.56. The van der Waals surface area contributed by atoms with Gasteiger partial charge in [-0.25, -0.2) is 9.59 Å². The molecule has 0 aliphatic carbocycles. The summed E-state index contributed by atoms with van der Waals surface area (Å²) >= 11 is 17.7. The Hall–Kier alpha value is -1.63. The quantitative estimate of drug-likeness (QED) is 0.546. The summed E-state index contributed by atoms with van der Waals surface area (Å²) in [7, 11) is 0. The summed E-state index contributed by atoms with van der Waals surface area (Å²) < 4.78 is 8.71. The first kappa shape index (κ1) is 20.1. The summed E-state index contributed by atoms with van der Waals surface area (Å²) in [5, 5.41) is 0.867. The Morgan fingerprint density at radius 1 is 1.26 bits per heavy atom. The van der Waals surface area contributed by atoms with E-state index >= 15 is 0 Å². The largest absolute Gasteiger partial charge is 0.461 e. The number of aromatic nitrogens is 1. The number of amides is 1. The van der Waals surface area contributed by atoms with Crippen molar-refractivity contribution in [1.82, 2.24) is 4.98 Å². The van der Waals surface area contributed by atoms with E-state index in [0.29, 0.717) is 31.0 Å². The highest BCUT2D eigenvalue weighted by atomic mass is 35.6. The van der Waals surface area contributed by atoms with Gasteiger partial charge in [-0.3, -0.25) is 4.90 Å². The minimum Gasteiger partial charge on any atom is -0.461 e. The van der Waals surface area contributed by atoms with Crippen LogP contribution < -0.4 is 4.90 Å². The van der Waals surface area contributed by atoms with Crippen LogP contribution >= 0.6 is 34.8 Å². The first-order chi connectivity index (χ1) is 12.5. The predicted octanol–water partition coefficient (Wildman–Crippen LogP) is 4.99. The fourth-order valence-electron chi connectivity index (χ4n) is 2.95. The zero-order chi connectivity index (χ0) is 20.0. The van der Waals surface area contributed by atoms with Gasteiger partial charge in [0.1, 0.15) is 5.69 Å². The molecule has 1 aliphatic rings. The maximum atomic E-state index is 12.7. The molecule has 1 N–H and O–H groups in total. The summed E-state index contributed by atoms with van der Waals surface area (Å²) in [4.78, 5) is 29.2. The van der Waals surface area contributed by atoms with Crippen LogP contribution in [0.3, 0.4) is 0 Å². The number of alkyl halides is 3. The van der Waals surface area contributed by atoms with E-state index in [1.807, 2.05) is 6.07 Å². The van der Waals surface area contributed by atoms with E-state index in [9.17, 15) is 9.59 Å². The predicted molar refractivity (Wildman–Crippen MR) is 106 cm³/mol. The van der Waals surface area contributed by atoms with Crippen LogP contribution in [-0.4, -0.2) is 39.6 Å². The Kier molecular flexibility index (Phi) is 5.27. The van der Waals surface area contributed by atoms with Crippen molar-refractivity contribution in [2.45, 2.75) is 36.6 Å². The van der Waals surface area contributed by atoms with Gasteiger partial charge in [-0.05, 0) is 51.0 Å². The molecular weight excluding hydrogens is 415 g/mol. The molecule has 0 spiro atoms. The minimum absolute atomic E-state index is 0.297. The van der Waals surface area contributed by atoms with E-state index in [-0.39, 0.29) is 0 Å². The number of carbonyl (C=O) groups excluding carboxylic acids is 2. The van der Waals surface area contributed by atoms with Crippen molar-refractivity contribution < 1.29 is 19.1 Å². The third-order valence-corrected chi connectivity index (χ3v) is 5.87. The zero-order valence-electron chi connectivity index (χ0n) is 15.1. The Morgan fingerprint density at radius 3 is 2.59 bits per heavy atom. The molecule has 0 saturated heterocycles. The monoisotopic (exact) mass is 432 g/mol. The molecule has 146 valence electrons.